The highest BCUT2D eigenvalue weighted by atomic mass is 35.5. The van der Waals surface area contributed by atoms with Crippen LogP contribution in [0.15, 0.2) is 24.3 Å². The maximum absolute atomic E-state index is 5.78. The van der Waals surface area contributed by atoms with Crippen LogP contribution in [0, 0.1) is 0 Å². The van der Waals surface area contributed by atoms with Gasteiger partial charge in [-0.2, -0.15) is 15.0 Å². The third-order valence-corrected chi connectivity index (χ3v) is 3.04. The van der Waals surface area contributed by atoms with Gasteiger partial charge in [0.15, 0.2) is 0 Å². The molecule has 0 atom stereocenters. The number of rotatable bonds is 1. The Bertz CT molecular complexity index is 553. The van der Waals surface area contributed by atoms with E-state index in [9.17, 15) is 0 Å². The van der Waals surface area contributed by atoms with Gasteiger partial charge in [0.25, 0.3) is 0 Å². The number of benzene rings is 1. The number of para-hydroxylation sites is 1. The minimum atomic E-state index is 0.115. The van der Waals surface area contributed by atoms with Crippen molar-refractivity contribution in [2.75, 3.05) is 11.4 Å². The second-order valence-corrected chi connectivity index (χ2v) is 4.38. The van der Waals surface area contributed by atoms with E-state index in [-0.39, 0.29) is 10.6 Å². The second-order valence-electron chi connectivity index (χ2n) is 3.70. The molecular weight excluding hydrogens is 259 g/mol. The second kappa shape index (κ2) is 4.13. The average molecular weight is 267 g/mol. The van der Waals surface area contributed by atoms with Crippen molar-refractivity contribution in [2.45, 2.75) is 6.42 Å². The Balaban J connectivity index is 2.06. The van der Waals surface area contributed by atoms with Gasteiger partial charge < -0.3 is 4.90 Å². The Labute approximate surface area is 108 Å². The van der Waals surface area contributed by atoms with Crippen LogP contribution in [0.25, 0.3) is 0 Å². The lowest BCUT2D eigenvalue weighted by Crippen LogP contribution is -2.17. The summed E-state index contributed by atoms with van der Waals surface area (Å²) in [4.78, 5) is 13.9. The molecule has 0 saturated carbocycles. The average Bonchev–Trinajstić information content (AvgIpc) is 2.71. The van der Waals surface area contributed by atoms with Crippen molar-refractivity contribution < 1.29 is 0 Å². The van der Waals surface area contributed by atoms with Crippen LogP contribution in [0.2, 0.25) is 10.6 Å². The van der Waals surface area contributed by atoms with Gasteiger partial charge in [0.1, 0.15) is 0 Å². The Kier molecular flexibility index (Phi) is 2.61. The largest absolute Gasteiger partial charge is 0.310 e. The summed E-state index contributed by atoms with van der Waals surface area (Å²) in [6.45, 7) is 0.829. The van der Waals surface area contributed by atoms with E-state index in [1.807, 2.05) is 23.1 Å². The van der Waals surface area contributed by atoms with Crippen LogP contribution in [0.1, 0.15) is 5.56 Å². The molecule has 86 valence electrons. The zero-order valence-electron chi connectivity index (χ0n) is 8.77. The first-order valence-corrected chi connectivity index (χ1v) is 5.92. The van der Waals surface area contributed by atoms with E-state index in [1.54, 1.807) is 0 Å². The van der Waals surface area contributed by atoms with E-state index in [4.69, 9.17) is 23.2 Å². The standard InChI is InChI=1S/C11H8Cl2N4/c12-9-14-10(13)16-11(15-9)17-6-5-7-3-1-2-4-8(7)17/h1-4H,5-6H2. The molecule has 1 aromatic carbocycles. The monoisotopic (exact) mass is 266 g/mol. The van der Waals surface area contributed by atoms with Gasteiger partial charge in [0.2, 0.25) is 16.5 Å². The van der Waals surface area contributed by atoms with Crippen molar-refractivity contribution in [3.8, 4) is 0 Å². The van der Waals surface area contributed by atoms with Gasteiger partial charge in [0.05, 0.1) is 0 Å². The first kappa shape index (κ1) is 10.7. The van der Waals surface area contributed by atoms with Crippen molar-refractivity contribution in [1.82, 2.24) is 15.0 Å². The highest BCUT2D eigenvalue weighted by Gasteiger charge is 2.22. The molecule has 2 aromatic rings. The van der Waals surface area contributed by atoms with E-state index in [1.165, 1.54) is 5.56 Å². The van der Waals surface area contributed by atoms with Crippen molar-refractivity contribution >= 4 is 34.8 Å². The summed E-state index contributed by atoms with van der Waals surface area (Å²) in [6, 6.07) is 8.14. The summed E-state index contributed by atoms with van der Waals surface area (Å²) in [5, 5.41) is 0.230. The van der Waals surface area contributed by atoms with Crippen LogP contribution < -0.4 is 4.90 Å². The number of fused-ring (bicyclic) bond motifs is 1. The van der Waals surface area contributed by atoms with Crippen molar-refractivity contribution in [3.05, 3.63) is 40.4 Å². The molecule has 0 fully saturated rings. The zero-order chi connectivity index (χ0) is 11.8. The summed E-state index contributed by atoms with van der Waals surface area (Å²) in [6.07, 6.45) is 0.969. The van der Waals surface area contributed by atoms with E-state index >= 15 is 0 Å². The lowest BCUT2D eigenvalue weighted by atomic mass is 10.2. The van der Waals surface area contributed by atoms with Crippen LogP contribution in [0.4, 0.5) is 11.6 Å². The highest BCUT2D eigenvalue weighted by Crippen LogP contribution is 2.32. The van der Waals surface area contributed by atoms with Gasteiger partial charge in [0, 0.05) is 12.2 Å². The molecule has 0 spiro atoms. The normalized spacial score (nSPS) is 13.9. The summed E-state index contributed by atoms with van der Waals surface area (Å²) < 4.78 is 0. The smallest absolute Gasteiger partial charge is 0.235 e. The van der Waals surface area contributed by atoms with Gasteiger partial charge in [-0.3, -0.25) is 0 Å². The molecule has 3 rings (SSSR count). The Morgan fingerprint density at radius 1 is 1.00 bits per heavy atom. The first-order valence-electron chi connectivity index (χ1n) is 5.16. The van der Waals surface area contributed by atoms with Crippen LogP contribution in [0.3, 0.4) is 0 Å². The van der Waals surface area contributed by atoms with Crippen molar-refractivity contribution in [2.24, 2.45) is 0 Å². The highest BCUT2D eigenvalue weighted by molar-refractivity contribution is 6.31. The molecular formula is C11H8Cl2N4. The van der Waals surface area contributed by atoms with Gasteiger partial charge in [-0.05, 0) is 41.3 Å². The Morgan fingerprint density at radius 3 is 2.47 bits per heavy atom. The molecule has 17 heavy (non-hydrogen) atoms. The first-order chi connectivity index (χ1) is 8.24. The predicted molar refractivity (Wildman–Crippen MR) is 67.0 cm³/mol. The number of halogens is 2. The minimum Gasteiger partial charge on any atom is -0.310 e. The van der Waals surface area contributed by atoms with E-state index < -0.39 is 0 Å². The molecule has 6 heteroatoms. The maximum Gasteiger partial charge on any atom is 0.235 e. The number of aromatic nitrogens is 3. The van der Waals surface area contributed by atoms with Crippen LogP contribution in [-0.4, -0.2) is 21.5 Å². The third-order valence-electron chi connectivity index (χ3n) is 2.70. The van der Waals surface area contributed by atoms with Crippen molar-refractivity contribution in [3.63, 3.8) is 0 Å². The molecule has 2 heterocycles. The molecule has 1 aromatic heterocycles. The van der Waals surface area contributed by atoms with Gasteiger partial charge in [-0.25, -0.2) is 0 Å². The van der Waals surface area contributed by atoms with E-state index in [0.717, 1.165) is 18.7 Å². The molecule has 0 bridgehead atoms. The van der Waals surface area contributed by atoms with Crippen LogP contribution >= 0.6 is 23.2 Å². The molecule has 0 radical (unpaired) electrons. The minimum absolute atomic E-state index is 0.115. The summed E-state index contributed by atoms with van der Waals surface area (Å²) in [5.74, 6) is 0.500. The summed E-state index contributed by atoms with van der Waals surface area (Å²) >= 11 is 11.6. The van der Waals surface area contributed by atoms with Crippen LogP contribution in [-0.2, 0) is 6.42 Å². The molecule has 0 N–H and O–H groups in total. The topological polar surface area (TPSA) is 41.9 Å². The fourth-order valence-corrected chi connectivity index (χ4v) is 2.34. The third kappa shape index (κ3) is 1.94. The van der Waals surface area contributed by atoms with Gasteiger partial charge >= 0.3 is 0 Å². The molecule has 4 nitrogen and oxygen atoms in total. The Hall–Kier alpha value is -1.39. The zero-order valence-corrected chi connectivity index (χ0v) is 10.3. The molecule has 0 amide bonds. The van der Waals surface area contributed by atoms with E-state index in [2.05, 4.69) is 21.0 Å². The van der Waals surface area contributed by atoms with Gasteiger partial charge in [-0.1, -0.05) is 18.2 Å². The van der Waals surface area contributed by atoms with E-state index in [0.29, 0.717) is 5.95 Å². The SMILES string of the molecule is Clc1nc(Cl)nc(N2CCc3ccccc32)n1. The lowest BCUT2D eigenvalue weighted by Gasteiger charge is -2.16. The quantitative estimate of drug-likeness (QED) is 0.796. The summed E-state index contributed by atoms with van der Waals surface area (Å²) in [5.41, 5.74) is 2.38. The number of hydrogen-bond donors (Lipinski definition) is 0. The molecule has 0 unspecified atom stereocenters. The molecule has 1 aliphatic heterocycles. The molecule has 1 aliphatic rings. The predicted octanol–water partition coefficient (Wildman–Crippen LogP) is 2.87. The van der Waals surface area contributed by atoms with Gasteiger partial charge in [-0.15, -0.1) is 0 Å². The van der Waals surface area contributed by atoms with Crippen molar-refractivity contribution in [1.29, 1.82) is 0 Å². The molecule has 0 saturated heterocycles. The fourth-order valence-electron chi connectivity index (χ4n) is 1.98. The summed E-state index contributed by atoms with van der Waals surface area (Å²) in [7, 11) is 0. The van der Waals surface area contributed by atoms with Crippen LogP contribution in [0.5, 0.6) is 0 Å². The number of hydrogen-bond acceptors (Lipinski definition) is 4. The number of nitrogens with zero attached hydrogens (tertiary/aromatic N) is 4. The maximum atomic E-state index is 5.78. The lowest BCUT2D eigenvalue weighted by molar-refractivity contribution is 0.918. The molecule has 0 aliphatic carbocycles. The fraction of sp³-hybridized carbons (Fsp3) is 0.182. The Morgan fingerprint density at radius 2 is 1.71 bits per heavy atom. The number of anilines is 2.